The second-order valence-electron chi connectivity index (χ2n) is 5.19. The number of nitrogens with zero attached hydrogens (tertiary/aromatic N) is 2. The smallest absolute Gasteiger partial charge is 0.295 e. The number of rotatable bonds is 6. The largest absolute Gasteiger partial charge is 0.507 e. The fourth-order valence-corrected chi connectivity index (χ4v) is 2.37. The second kappa shape index (κ2) is 7.01. The van der Waals surface area contributed by atoms with E-state index in [0.29, 0.717) is 0 Å². The summed E-state index contributed by atoms with van der Waals surface area (Å²) in [5.41, 5.74) is 4.66. The third-order valence-corrected chi connectivity index (χ3v) is 3.54. The standard InChI is InChI=1S/C15H15N3O7/c1-8-2-5-12(20)14(15(8)18(23)24)13(7-19)25-9-3-4-10(16)11(6-9)17(21)22/h2-6,13,19-20H,7,16H2,1H3. The lowest BCUT2D eigenvalue weighted by Crippen LogP contribution is -2.15. The summed E-state index contributed by atoms with van der Waals surface area (Å²) in [4.78, 5) is 20.8. The number of hydrogen-bond donors (Lipinski definition) is 3. The number of aromatic hydroxyl groups is 1. The van der Waals surface area contributed by atoms with Crippen molar-refractivity contribution in [3.8, 4) is 11.5 Å². The molecule has 2 rings (SSSR count). The predicted molar refractivity (Wildman–Crippen MR) is 87.5 cm³/mol. The molecular formula is C15H15N3O7. The van der Waals surface area contributed by atoms with Gasteiger partial charge in [0.15, 0.2) is 6.10 Å². The molecule has 2 aromatic rings. The lowest BCUT2D eigenvalue weighted by molar-refractivity contribution is -0.386. The number of nitro benzene ring substituents is 2. The highest BCUT2D eigenvalue weighted by atomic mass is 16.6. The van der Waals surface area contributed by atoms with Crippen molar-refractivity contribution in [3.05, 3.63) is 61.7 Å². The first-order chi connectivity index (χ1) is 11.8. The summed E-state index contributed by atoms with van der Waals surface area (Å²) >= 11 is 0. The van der Waals surface area contributed by atoms with Gasteiger partial charge in [-0.3, -0.25) is 20.2 Å². The Morgan fingerprint density at radius 3 is 2.44 bits per heavy atom. The molecule has 25 heavy (non-hydrogen) atoms. The SMILES string of the molecule is Cc1ccc(O)c(C(CO)Oc2ccc(N)c([N+](=O)[O-])c2)c1[N+](=O)[O-]. The molecule has 0 heterocycles. The van der Waals surface area contributed by atoms with Crippen molar-refractivity contribution in [2.75, 3.05) is 12.3 Å². The molecule has 0 fully saturated rings. The van der Waals surface area contributed by atoms with Crippen molar-refractivity contribution >= 4 is 17.1 Å². The third kappa shape index (κ3) is 3.58. The number of aryl methyl sites for hydroxylation is 1. The topological polar surface area (TPSA) is 162 Å². The molecule has 0 saturated heterocycles. The Morgan fingerprint density at radius 1 is 1.20 bits per heavy atom. The summed E-state index contributed by atoms with van der Waals surface area (Å²) in [5.74, 6) is -0.462. The Morgan fingerprint density at radius 2 is 1.88 bits per heavy atom. The molecule has 1 atom stereocenters. The van der Waals surface area contributed by atoms with Gasteiger partial charge in [0.2, 0.25) is 0 Å². The van der Waals surface area contributed by atoms with Gasteiger partial charge in [-0.2, -0.15) is 0 Å². The molecule has 132 valence electrons. The number of aliphatic hydroxyl groups is 1. The summed E-state index contributed by atoms with van der Waals surface area (Å²) in [6.07, 6.45) is -1.30. The van der Waals surface area contributed by atoms with Gasteiger partial charge in [-0.25, -0.2) is 0 Å². The van der Waals surface area contributed by atoms with Crippen LogP contribution in [0.1, 0.15) is 17.2 Å². The number of anilines is 1. The number of aliphatic hydroxyl groups excluding tert-OH is 1. The molecular weight excluding hydrogens is 334 g/mol. The molecule has 0 aliphatic rings. The molecule has 10 nitrogen and oxygen atoms in total. The first-order valence-electron chi connectivity index (χ1n) is 7.04. The highest BCUT2D eigenvalue weighted by molar-refractivity contribution is 5.61. The fraction of sp³-hybridized carbons (Fsp3) is 0.200. The molecule has 0 spiro atoms. The van der Waals surface area contributed by atoms with Gasteiger partial charge in [-0.15, -0.1) is 0 Å². The number of phenolic OH excluding ortho intramolecular Hbond substituents is 1. The minimum atomic E-state index is -1.30. The lowest BCUT2D eigenvalue weighted by Gasteiger charge is -2.19. The molecule has 0 radical (unpaired) electrons. The fourth-order valence-electron chi connectivity index (χ4n) is 2.37. The zero-order chi connectivity index (χ0) is 18.7. The van der Waals surface area contributed by atoms with Crippen LogP contribution in [-0.2, 0) is 0 Å². The first-order valence-corrected chi connectivity index (χ1v) is 7.04. The summed E-state index contributed by atoms with van der Waals surface area (Å²) in [6, 6.07) is 6.21. The van der Waals surface area contributed by atoms with Gasteiger partial charge in [-0.1, -0.05) is 0 Å². The Labute approximate surface area is 141 Å². The third-order valence-electron chi connectivity index (χ3n) is 3.54. The average molecular weight is 349 g/mol. The van der Waals surface area contributed by atoms with Crippen molar-refractivity contribution < 1.29 is 24.8 Å². The Balaban J connectivity index is 2.49. The van der Waals surface area contributed by atoms with E-state index < -0.39 is 39.7 Å². The maximum absolute atomic E-state index is 11.3. The van der Waals surface area contributed by atoms with Gasteiger partial charge in [0.05, 0.1) is 22.5 Å². The number of hydrogen-bond acceptors (Lipinski definition) is 8. The highest BCUT2D eigenvalue weighted by Crippen LogP contribution is 2.38. The van der Waals surface area contributed by atoms with E-state index in [2.05, 4.69) is 0 Å². The monoisotopic (exact) mass is 349 g/mol. The van der Waals surface area contributed by atoms with Gasteiger partial charge < -0.3 is 20.7 Å². The summed E-state index contributed by atoms with van der Waals surface area (Å²) in [5, 5.41) is 41.8. The minimum absolute atomic E-state index is 0.0323. The van der Waals surface area contributed by atoms with Crippen LogP contribution >= 0.6 is 0 Å². The van der Waals surface area contributed by atoms with E-state index in [-0.39, 0.29) is 22.6 Å². The van der Waals surface area contributed by atoms with Crippen LogP contribution in [0.3, 0.4) is 0 Å². The molecule has 2 aromatic carbocycles. The van der Waals surface area contributed by atoms with Gasteiger partial charge >= 0.3 is 0 Å². The minimum Gasteiger partial charge on any atom is -0.507 e. The number of benzene rings is 2. The molecule has 4 N–H and O–H groups in total. The van der Waals surface area contributed by atoms with Crippen molar-refractivity contribution in [2.45, 2.75) is 13.0 Å². The maximum atomic E-state index is 11.3. The van der Waals surface area contributed by atoms with Crippen LogP contribution in [0.15, 0.2) is 30.3 Å². The number of nitro groups is 2. The number of nitrogens with two attached hydrogens (primary N) is 1. The van der Waals surface area contributed by atoms with Gasteiger partial charge in [0.25, 0.3) is 11.4 Å². The normalized spacial score (nSPS) is 11.8. The van der Waals surface area contributed by atoms with E-state index in [4.69, 9.17) is 10.5 Å². The van der Waals surface area contributed by atoms with Crippen LogP contribution in [0.5, 0.6) is 11.5 Å². The van der Waals surface area contributed by atoms with Crippen LogP contribution in [0.25, 0.3) is 0 Å². The molecule has 0 aliphatic heterocycles. The Hall–Kier alpha value is -3.40. The van der Waals surface area contributed by atoms with Crippen LogP contribution < -0.4 is 10.5 Å². The average Bonchev–Trinajstić information content (AvgIpc) is 2.55. The molecule has 0 aliphatic carbocycles. The quantitative estimate of drug-likeness (QED) is 0.406. The Bertz CT molecular complexity index is 838. The van der Waals surface area contributed by atoms with Crippen molar-refractivity contribution in [2.24, 2.45) is 0 Å². The van der Waals surface area contributed by atoms with E-state index in [1.165, 1.54) is 31.2 Å². The van der Waals surface area contributed by atoms with Gasteiger partial charge in [0.1, 0.15) is 22.7 Å². The van der Waals surface area contributed by atoms with E-state index in [1.54, 1.807) is 0 Å². The molecule has 0 amide bonds. The van der Waals surface area contributed by atoms with Crippen molar-refractivity contribution in [1.82, 2.24) is 0 Å². The van der Waals surface area contributed by atoms with Crippen LogP contribution in [0, 0.1) is 27.2 Å². The maximum Gasteiger partial charge on any atom is 0.295 e. The van der Waals surface area contributed by atoms with Crippen LogP contribution in [0.2, 0.25) is 0 Å². The molecule has 0 bridgehead atoms. The van der Waals surface area contributed by atoms with E-state index in [9.17, 15) is 30.4 Å². The number of nitrogen functional groups attached to an aromatic ring is 1. The highest BCUT2D eigenvalue weighted by Gasteiger charge is 2.29. The van der Waals surface area contributed by atoms with E-state index >= 15 is 0 Å². The second-order valence-corrected chi connectivity index (χ2v) is 5.19. The first kappa shape index (κ1) is 17.9. The molecule has 1 unspecified atom stereocenters. The predicted octanol–water partition coefficient (Wildman–Crippen LogP) is 2.21. The Kier molecular flexibility index (Phi) is 5.03. The summed E-state index contributed by atoms with van der Waals surface area (Å²) < 4.78 is 5.45. The van der Waals surface area contributed by atoms with Gasteiger partial charge in [-0.05, 0) is 31.2 Å². The molecule has 0 saturated carbocycles. The van der Waals surface area contributed by atoms with Crippen molar-refractivity contribution in [3.63, 3.8) is 0 Å². The lowest BCUT2D eigenvalue weighted by atomic mass is 10.0. The zero-order valence-electron chi connectivity index (χ0n) is 13.1. The summed E-state index contributed by atoms with van der Waals surface area (Å²) in [7, 11) is 0. The van der Waals surface area contributed by atoms with E-state index in [1.807, 2.05) is 0 Å². The van der Waals surface area contributed by atoms with Crippen LogP contribution in [0.4, 0.5) is 17.1 Å². The van der Waals surface area contributed by atoms with Crippen LogP contribution in [-0.4, -0.2) is 26.7 Å². The molecule has 10 heteroatoms. The number of ether oxygens (including phenoxy) is 1. The summed E-state index contributed by atoms with van der Waals surface area (Å²) in [6.45, 7) is 0.777. The van der Waals surface area contributed by atoms with Gasteiger partial charge in [0, 0.05) is 5.56 Å². The van der Waals surface area contributed by atoms with E-state index in [0.717, 1.165) is 6.07 Å². The van der Waals surface area contributed by atoms with Crippen molar-refractivity contribution in [1.29, 1.82) is 0 Å². The molecule has 0 aromatic heterocycles. The zero-order valence-corrected chi connectivity index (χ0v) is 13.1. The number of phenols is 1.